The van der Waals surface area contributed by atoms with Gasteiger partial charge in [-0.2, -0.15) is 0 Å². The van der Waals surface area contributed by atoms with Gasteiger partial charge in [-0.25, -0.2) is 4.98 Å². The molecule has 1 unspecified atom stereocenters. The normalized spacial score (nSPS) is 12.2. The second-order valence-corrected chi connectivity index (χ2v) is 8.12. The van der Waals surface area contributed by atoms with Gasteiger partial charge in [0.15, 0.2) is 4.96 Å². The van der Waals surface area contributed by atoms with E-state index in [2.05, 4.69) is 10.6 Å². The molecule has 4 rings (SSSR count). The average Bonchev–Trinajstić information content (AvgIpc) is 3.31. The van der Waals surface area contributed by atoms with Crippen LogP contribution in [0.4, 0.5) is 0 Å². The Morgan fingerprint density at radius 1 is 1.13 bits per heavy atom. The van der Waals surface area contributed by atoms with E-state index in [4.69, 9.17) is 10.1 Å². The molecule has 2 heterocycles. The van der Waals surface area contributed by atoms with Crippen molar-refractivity contribution in [3.63, 3.8) is 0 Å². The minimum absolute atomic E-state index is 0.0411. The molecule has 30 heavy (non-hydrogen) atoms. The third-order valence-corrected chi connectivity index (χ3v) is 5.98. The number of aliphatic hydroxyl groups is 1. The lowest BCUT2D eigenvalue weighted by atomic mass is 10.1. The van der Waals surface area contributed by atoms with Crippen LogP contribution in [0.5, 0.6) is 0 Å². The summed E-state index contributed by atoms with van der Waals surface area (Å²) < 4.78 is 2.99. The first kappa shape index (κ1) is 20.1. The quantitative estimate of drug-likeness (QED) is 0.445. The maximum atomic E-state index is 12.4. The zero-order chi connectivity index (χ0) is 21.3. The van der Waals surface area contributed by atoms with Gasteiger partial charge in [0.25, 0.3) is 11.8 Å². The van der Waals surface area contributed by atoms with Gasteiger partial charge in [-0.1, -0.05) is 23.5 Å². The second-order valence-electron chi connectivity index (χ2n) is 7.11. The Balaban J connectivity index is 1.61. The van der Waals surface area contributed by atoms with Crippen LogP contribution in [0.15, 0.2) is 48.7 Å². The third-order valence-electron chi connectivity index (χ3n) is 4.97. The summed E-state index contributed by atoms with van der Waals surface area (Å²) in [6.07, 6.45) is 2.49. The van der Waals surface area contributed by atoms with Crippen LogP contribution in [-0.4, -0.2) is 46.0 Å². The van der Waals surface area contributed by atoms with E-state index in [9.17, 15) is 9.59 Å². The third kappa shape index (κ3) is 3.79. The molecule has 8 heteroatoms. The monoisotopic (exact) mass is 422 g/mol. The highest BCUT2D eigenvalue weighted by atomic mass is 32.1. The standard InChI is InChI=1S/C22H22N4O3S/c1-13(9-10-27)24-21(29)16-7-8-18-19(11-16)30-22-25-17(12-26(18)22)14-3-5-15(6-4-14)20(28)23-2/h3-8,11-13,27H,9-10H2,1-2H3,(H,23,28)(H,24,29). The Kier molecular flexibility index (Phi) is 5.52. The number of nitrogens with zero attached hydrogens (tertiary/aromatic N) is 2. The summed E-state index contributed by atoms with van der Waals surface area (Å²) in [5.74, 6) is -0.273. The maximum Gasteiger partial charge on any atom is 0.251 e. The van der Waals surface area contributed by atoms with Gasteiger partial charge in [0.1, 0.15) is 0 Å². The number of imidazole rings is 1. The molecule has 0 aliphatic heterocycles. The Morgan fingerprint density at radius 2 is 1.87 bits per heavy atom. The predicted molar refractivity (Wildman–Crippen MR) is 118 cm³/mol. The van der Waals surface area contributed by atoms with Crippen LogP contribution in [-0.2, 0) is 0 Å². The predicted octanol–water partition coefficient (Wildman–Crippen LogP) is 3.08. The van der Waals surface area contributed by atoms with Gasteiger partial charge >= 0.3 is 0 Å². The first-order valence-corrected chi connectivity index (χ1v) is 10.5. The number of nitrogens with one attached hydrogen (secondary N) is 2. The van der Waals surface area contributed by atoms with Crippen molar-refractivity contribution in [2.75, 3.05) is 13.7 Å². The van der Waals surface area contributed by atoms with Crippen LogP contribution in [0.3, 0.4) is 0 Å². The van der Waals surface area contributed by atoms with Crippen LogP contribution in [0.25, 0.3) is 26.4 Å². The van der Waals surface area contributed by atoms with Crippen LogP contribution >= 0.6 is 11.3 Å². The number of amides is 2. The van der Waals surface area contributed by atoms with Crippen molar-refractivity contribution in [2.45, 2.75) is 19.4 Å². The van der Waals surface area contributed by atoms with Gasteiger partial charge in [0, 0.05) is 42.6 Å². The highest BCUT2D eigenvalue weighted by molar-refractivity contribution is 7.23. The van der Waals surface area contributed by atoms with Gasteiger partial charge in [0.05, 0.1) is 15.9 Å². The average molecular weight is 423 g/mol. The lowest BCUT2D eigenvalue weighted by Gasteiger charge is -2.12. The largest absolute Gasteiger partial charge is 0.396 e. The highest BCUT2D eigenvalue weighted by Gasteiger charge is 2.14. The summed E-state index contributed by atoms with van der Waals surface area (Å²) in [6, 6.07) is 12.8. The van der Waals surface area contributed by atoms with Crippen molar-refractivity contribution in [1.82, 2.24) is 20.0 Å². The number of aliphatic hydroxyl groups excluding tert-OH is 1. The number of carbonyl (C=O) groups is 2. The van der Waals surface area contributed by atoms with E-state index in [0.29, 0.717) is 17.5 Å². The molecule has 0 aliphatic rings. The van der Waals surface area contributed by atoms with Crippen LogP contribution in [0.2, 0.25) is 0 Å². The van der Waals surface area contributed by atoms with Crippen molar-refractivity contribution in [2.24, 2.45) is 0 Å². The van der Waals surface area contributed by atoms with E-state index in [0.717, 1.165) is 26.4 Å². The van der Waals surface area contributed by atoms with Crippen molar-refractivity contribution >= 4 is 38.3 Å². The first-order valence-electron chi connectivity index (χ1n) is 9.66. The second kappa shape index (κ2) is 8.25. The van der Waals surface area contributed by atoms with E-state index in [1.165, 1.54) is 11.3 Å². The van der Waals surface area contributed by atoms with Gasteiger partial charge in [-0.05, 0) is 43.7 Å². The maximum absolute atomic E-state index is 12.4. The lowest BCUT2D eigenvalue weighted by molar-refractivity contribution is 0.0932. The fourth-order valence-corrected chi connectivity index (χ4v) is 4.34. The summed E-state index contributed by atoms with van der Waals surface area (Å²) in [7, 11) is 1.61. The molecular weight excluding hydrogens is 400 g/mol. The number of hydrogen-bond donors (Lipinski definition) is 3. The SMILES string of the molecule is CNC(=O)c1ccc(-c2cn3c(n2)sc2cc(C(=O)NC(C)CCO)ccc23)cc1. The van der Waals surface area contributed by atoms with E-state index < -0.39 is 0 Å². The van der Waals surface area contributed by atoms with Gasteiger partial charge in [-0.15, -0.1) is 0 Å². The Hall–Kier alpha value is -3.23. The molecule has 154 valence electrons. The first-order chi connectivity index (χ1) is 14.5. The number of fused-ring (bicyclic) bond motifs is 3. The number of hydrogen-bond acceptors (Lipinski definition) is 5. The Morgan fingerprint density at radius 3 is 2.57 bits per heavy atom. The van der Waals surface area contributed by atoms with E-state index in [1.807, 2.05) is 41.8 Å². The van der Waals surface area contributed by atoms with E-state index >= 15 is 0 Å². The number of carbonyl (C=O) groups excluding carboxylic acids is 2. The topological polar surface area (TPSA) is 95.7 Å². The Labute approximate surface area is 177 Å². The zero-order valence-electron chi connectivity index (χ0n) is 16.7. The minimum atomic E-state index is -0.152. The minimum Gasteiger partial charge on any atom is -0.396 e. The summed E-state index contributed by atoms with van der Waals surface area (Å²) >= 11 is 1.52. The summed E-state index contributed by atoms with van der Waals surface area (Å²) in [6.45, 7) is 1.91. The highest BCUT2D eigenvalue weighted by Crippen LogP contribution is 2.30. The van der Waals surface area contributed by atoms with Crippen molar-refractivity contribution in [1.29, 1.82) is 0 Å². The van der Waals surface area contributed by atoms with Gasteiger partial charge in [-0.3, -0.25) is 14.0 Å². The number of thiazole rings is 1. The molecule has 2 amide bonds. The number of aromatic nitrogens is 2. The molecular formula is C22H22N4O3S. The molecule has 0 bridgehead atoms. The zero-order valence-corrected chi connectivity index (χ0v) is 17.5. The van der Waals surface area contributed by atoms with Crippen molar-refractivity contribution < 1.29 is 14.7 Å². The Bertz CT molecular complexity index is 1230. The molecule has 1 atom stereocenters. The van der Waals surface area contributed by atoms with E-state index in [-0.39, 0.29) is 24.5 Å². The summed E-state index contributed by atoms with van der Waals surface area (Å²) in [5, 5.41) is 14.5. The van der Waals surface area contributed by atoms with Gasteiger partial charge < -0.3 is 15.7 Å². The van der Waals surface area contributed by atoms with Crippen LogP contribution in [0, 0.1) is 0 Å². The van der Waals surface area contributed by atoms with Crippen molar-refractivity contribution in [3.8, 4) is 11.3 Å². The molecule has 0 aliphatic carbocycles. The molecule has 7 nitrogen and oxygen atoms in total. The fraction of sp³-hybridized carbons (Fsp3) is 0.227. The van der Waals surface area contributed by atoms with Crippen LogP contribution in [0.1, 0.15) is 34.1 Å². The van der Waals surface area contributed by atoms with E-state index in [1.54, 1.807) is 25.2 Å². The van der Waals surface area contributed by atoms with Crippen LogP contribution < -0.4 is 10.6 Å². The number of benzene rings is 2. The molecule has 0 saturated heterocycles. The fourth-order valence-electron chi connectivity index (χ4n) is 3.29. The molecule has 2 aromatic heterocycles. The molecule has 2 aromatic carbocycles. The molecule has 4 aromatic rings. The number of rotatable bonds is 6. The summed E-state index contributed by atoms with van der Waals surface area (Å²) in [5.41, 5.74) is 3.93. The molecule has 0 saturated carbocycles. The molecule has 0 spiro atoms. The smallest absolute Gasteiger partial charge is 0.251 e. The molecule has 3 N–H and O–H groups in total. The lowest BCUT2D eigenvalue weighted by Crippen LogP contribution is -2.33. The van der Waals surface area contributed by atoms with Crippen molar-refractivity contribution in [3.05, 3.63) is 59.8 Å². The molecule has 0 fully saturated rings. The molecule has 0 radical (unpaired) electrons. The summed E-state index contributed by atoms with van der Waals surface area (Å²) in [4.78, 5) is 29.7. The van der Waals surface area contributed by atoms with Gasteiger partial charge in [0.2, 0.25) is 0 Å².